The predicted octanol–water partition coefficient (Wildman–Crippen LogP) is 3.28. The molecule has 4 rings (SSSR count). The molecular weight excluding hydrogens is 367 g/mol. The van der Waals surface area contributed by atoms with Crippen molar-refractivity contribution in [3.8, 4) is 11.3 Å². The molecule has 1 aliphatic heterocycles. The molecule has 1 atom stereocenters. The highest BCUT2D eigenvalue weighted by atomic mass is 19.1. The van der Waals surface area contributed by atoms with Gasteiger partial charge >= 0.3 is 0 Å². The Morgan fingerprint density at radius 1 is 1.03 bits per heavy atom. The average Bonchev–Trinajstić information content (AvgIpc) is 3.19. The molecule has 29 heavy (non-hydrogen) atoms. The summed E-state index contributed by atoms with van der Waals surface area (Å²) in [4.78, 5) is 4.89. The molecule has 0 bridgehead atoms. The van der Waals surface area contributed by atoms with Crippen molar-refractivity contribution in [1.29, 1.82) is 0 Å². The van der Waals surface area contributed by atoms with Gasteiger partial charge in [-0.05, 0) is 36.2 Å². The van der Waals surface area contributed by atoms with Crippen LogP contribution >= 0.6 is 0 Å². The van der Waals surface area contributed by atoms with E-state index in [1.54, 1.807) is 12.1 Å². The van der Waals surface area contributed by atoms with E-state index in [1.807, 2.05) is 12.3 Å². The van der Waals surface area contributed by atoms with Crippen LogP contribution in [0.25, 0.3) is 11.3 Å². The molecule has 0 saturated carbocycles. The zero-order chi connectivity index (χ0) is 20.1. The highest BCUT2D eigenvalue weighted by Gasteiger charge is 2.27. The number of aromatic nitrogens is 2. The Morgan fingerprint density at radius 3 is 2.59 bits per heavy atom. The van der Waals surface area contributed by atoms with Crippen molar-refractivity contribution in [3.05, 3.63) is 77.7 Å². The lowest BCUT2D eigenvalue weighted by molar-refractivity contribution is 0.0500. The molecule has 1 aromatic heterocycles. The van der Waals surface area contributed by atoms with Gasteiger partial charge in [0.2, 0.25) is 0 Å². The van der Waals surface area contributed by atoms with Gasteiger partial charge in [-0.1, -0.05) is 30.3 Å². The van der Waals surface area contributed by atoms with Crippen LogP contribution in [0.5, 0.6) is 0 Å². The van der Waals surface area contributed by atoms with Crippen LogP contribution in [0, 0.1) is 5.82 Å². The van der Waals surface area contributed by atoms with E-state index in [0.29, 0.717) is 6.04 Å². The number of H-pyrrole nitrogens is 1. The normalized spacial score (nSPS) is 18.2. The average molecular weight is 394 g/mol. The first kappa shape index (κ1) is 19.8. The summed E-state index contributed by atoms with van der Waals surface area (Å²) in [6.45, 7) is 4.71. The van der Waals surface area contributed by atoms with Gasteiger partial charge < -0.3 is 5.11 Å². The number of halogens is 1. The van der Waals surface area contributed by atoms with Crippen LogP contribution in [-0.2, 0) is 13.1 Å². The third-order valence-corrected chi connectivity index (χ3v) is 5.62. The molecule has 0 amide bonds. The summed E-state index contributed by atoms with van der Waals surface area (Å²) in [7, 11) is 0. The molecule has 3 aromatic rings. The topological polar surface area (TPSA) is 55.4 Å². The van der Waals surface area contributed by atoms with Gasteiger partial charge in [-0.15, -0.1) is 0 Å². The number of aliphatic hydroxyl groups is 1. The zero-order valence-electron chi connectivity index (χ0n) is 16.5. The largest absolute Gasteiger partial charge is 0.396 e. The Kier molecular flexibility index (Phi) is 6.34. The maximum absolute atomic E-state index is 13.3. The molecule has 2 heterocycles. The molecule has 1 aliphatic rings. The predicted molar refractivity (Wildman–Crippen MR) is 112 cm³/mol. The Balaban J connectivity index is 1.43. The van der Waals surface area contributed by atoms with E-state index in [2.05, 4.69) is 44.3 Å². The van der Waals surface area contributed by atoms with E-state index in [9.17, 15) is 9.50 Å². The minimum absolute atomic E-state index is 0.191. The Hall–Kier alpha value is -2.54. The first-order chi connectivity index (χ1) is 14.2. The quantitative estimate of drug-likeness (QED) is 0.646. The fourth-order valence-corrected chi connectivity index (χ4v) is 4.09. The number of aliphatic hydroxyl groups excluding tert-OH is 1. The molecule has 2 aromatic carbocycles. The number of hydrogen-bond acceptors (Lipinski definition) is 4. The molecule has 0 aliphatic carbocycles. The number of piperazine rings is 1. The minimum atomic E-state index is -0.240. The summed E-state index contributed by atoms with van der Waals surface area (Å²) in [5.74, 6) is -0.240. The van der Waals surface area contributed by atoms with Crippen LogP contribution < -0.4 is 0 Å². The molecule has 6 heteroatoms. The van der Waals surface area contributed by atoms with Crippen LogP contribution in [0.3, 0.4) is 0 Å². The highest BCUT2D eigenvalue weighted by Crippen LogP contribution is 2.24. The number of rotatable bonds is 7. The van der Waals surface area contributed by atoms with E-state index >= 15 is 0 Å². The lowest BCUT2D eigenvalue weighted by Crippen LogP contribution is -2.52. The van der Waals surface area contributed by atoms with E-state index < -0.39 is 0 Å². The van der Waals surface area contributed by atoms with Crippen LogP contribution in [-0.4, -0.2) is 57.4 Å². The van der Waals surface area contributed by atoms with Crippen molar-refractivity contribution in [3.63, 3.8) is 0 Å². The SMILES string of the molecule is OCC[C@H]1CN(Cc2cn[nH]c2-c2ccc(F)cc2)CCN1Cc1ccccc1. The summed E-state index contributed by atoms with van der Waals surface area (Å²) in [5, 5.41) is 16.8. The first-order valence-corrected chi connectivity index (χ1v) is 10.1. The lowest BCUT2D eigenvalue weighted by Gasteiger charge is -2.41. The molecule has 0 radical (unpaired) electrons. The molecule has 0 unspecified atom stereocenters. The van der Waals surface area contributed by atoms with Crippen LogP contribution in [0.15, 0.2) is 60.8 Å². The summed E-state index contributed by atoms with van der Waals surface area (Å²) < 4.78 is 13.3. The van der Waals surface area contributed by atoms with Gasteiger partial charge in [0.1, 0.15) is 5.82 Å². The second-order valence-corrected chi connectivity index (χ2v) is 7.63. The molecule has 5 nitrogen and oxygen atoms in total. The lowest BCUT2D eigenvalue weighted by atomic mass is 10.0. The van der Waals surface area contributed by atoms with Crippen molar-refractivity contribution >= 4 is 0 Å². The van der Waals surface area contributed by atoms with E-state index in [4.69, 9.17) is 0 Å². The fourth-order valence-electron chi connectivity index (χ4n) is 4.09. The van der Waals surface area contributed by atoms with Gasteiger partial charge in [-0.2, -0.15) is 5.10 Å². The van der Waals surface area contributed by atoms with Crippen LogP contribution in [0.2, 0.25) is 0 Å². The summed E-state index contributed by atoms with van der Waals surface area (Å²) in [6, 6.07) is 17.3. The van der Waals surface area contributed by atoms with Gasteiger partial charge in [0.05, 0.1) is 11.9 Å². The maximum atomic E-state index is 13.3. The van der Waals surface area contributed by atoms with E-state index in [1.165, 1.54) is 17.7 Å². The Labute approximate surface area is 170 Å². The number of nitrogens with zero attached hydrogens (tertiary/aromatic N) is 3. The molecule has 0 spiro atoms. The monoisotopic (exact) mass is 394 g/mol. The van der Waals surface area contributed by atoms with Crippen molar-refractivity contribution in [1.82, 2.24) is 20.0 Å². The second-order valence-electron chi connectivity index (χ2n) is 7.63. The Bertz CT molecular complexity index is 897. The van der Waals surface area contributed by atoms with Crippen LogP contribution in [0.4, 0.5) is 4.39 Å². The Morgan fingerprint density at radius 2 is 1.83 bits per heavy atom. The zero-order valence-corrected chi connectivity index (χ0v) is 16.5. The van der Waals surface area contributed by atoms with Crippen molar-refractivity contribution in [2.24, 2.45) is 0 Å². The second kappa shape index (κ2) is 9.31. The first-order valence-electron chi connectivity index (χ1n) is 10.1. The van der Waals surface area contributed by atoms with Crippen molar-refractivity contribution in [2.45, 2.75) is 25.6 Å². The van der Waals surface area contributed by atoms with Crippen molar-refractivity contribution in [2.75, 3.05) is 26.2 Å². The smallest absolute Gasteiger partial charge is 0.123 e. The maximum Gasteiger partial charge on any atom is 0.123 e. The summed E-state index contributed by atoms with van der Waals surface area (Å²) in [5.41, 5.74) is 4.29. The van der Waals surface area contributed by atoms with Crippen LogP contribution in [0.1, 0.15) is 17.5 Å². The van der Waals surface area contributed by atoms with Gasteiger partial charge in [-0.3, -0.25) is 14.9 Å². The third-order valence-electron chi connectivity index (χ3n) is 5.62. The fraction of sp³-hybridized carbons (Fsp3) is 0.348. The van der Waals surface area contributed by atoms with E-state index in [0.717, 1.165) is 56.0 Å². The van der Waals surface area contributed by atoms with E-state index in [-0.39, 0.29) is 12.4 Å². The third kappa shape index (κ3) is 4.90. The molecule has 2 N–H and O–H groups in total. The van der Waals surface area contributed by atoms with Crippen molar-refractivity contribution < 1.29 is 9.50 Å². The molecule has 1 saturated heterocycles. The molecule has 1 fully saturated rings. The number of aromatic amines is 1. The summed E-state index contributed by atoms with van der Waals surface area (Å²) >= 11 is 0. The van der Waals surface area contributed by atoms with Gasteiger partial charge in [0.25, 0.3) is 0 Å². The minimum Gasteiger partial charge on any atom is -0.396 e. The standard InChI is InChI=1S/C23H27FN4O/c24-21-8-6-19(7-9-21)23-20(14-25-26-23)16-27-11-12-28(22(17-27)10-13-29)15-18-4-2-1-3-5-18/h1-9,14,22,29H,10-13,15-17H2,(H,25,26)/t22-/m0/s1. The van der Waals surface area contributed by atoms with Gasteiger partial charge in [0.15, 0.2) is 0 Å². The van der Waals surface area contributed by atoms with Gasteiger partial charge in [-0.25, -0.2) is 4.39 Å². The molecule has 152 valence electrons. The highest BCUT2D eigenvalue weighted by molar-refractivity contribution is 5.62. The molecular formula is C23H27FN4O. The number of nitrogens with one attached hydrogen (secondary N) is 1. The number of hydrogen-bond donors (Lipinski definition) is 2. The number of benzene rings is 2. The summed E-state index contributed by atoms with van der Waals surface area (Å²) in [6.07, 6.45) is 2.62. The van der Waals surface area contributed by atoms with Gasteiger partial charge in [0, 0.05) is 56.5 Å².